The van der Waals surface area contributed by atoms with E-state index in [4.69, 9.17) is 37.8 Å². The summed E-state index contributed by atoms with van der Waals surface area (Å²) in [5.74, 6) is 1.13. The van der Waals surface area contributed by atoms with Crippen LogP contribution in [0.4, 0.5) is 0 Å². The molecule has 2 aromatic carbocycles. The van der Waals surface area contributed by atoms with Gasteiger partial charge in [-0.05, 0) is 43.7 Å². The van der Waals surface area contributed by atoms with Crippen molar-refractivity contribution in [3.8, 4) is 11.5 Å². The highest BCUT2D eigenvalue weighted by molar-refractivity contribution is 6.32. The molecule has 0 amide bonds. The SMILES string of the molecule is CCOc1cc(CNCCCO)cc(Cl)c1OCc1ccccc1Cl. The molecular weight excluding hydrogens is 361 g/mol. The van der Waals surface area contributed by atoms with Crippen molar-refractivity contribution in [2.75, 3.05) is 19.8 Å². The molecule has 0 aliphatic carbocycles. The maximum absolute atomic E-state index is 8.82. The zero-order valence-electron chi connectivity index (χ0n) is 14.2. The third-order valence-electron chi connectivity index (χ3n) is 3.54. The van der Waals surface area contributed by atoms with Gasteiger partial charge in [0.2, 0.25) is 0 Å². The molecular formula is C19H23Cl2NO3. The number of nitrogens with one attached hydrogen (secondary N) is 1. The van der Waals surface area contributed by atoms with E-state index in [1.165, 1.54) is 0 Å². The van der Waals surface area contributed by atoms with Gasteiger partial charge in [-0.3, -0.25) is 0 Å². The Hall–Kier alpha value is -1.46. The highest BCUT2D eigenvalue weighted by Gasteiger charge is 2.13. The molecule has 6 heteroatoms. The molecule has 4 nitrogen and oxygen atoms in total. The summed E-state index contributed by atoms with van der Waals surface area (Å²) in [6.07, 6.45) is 0.713. The van der Waals surface area contributed by atoms with E-state index in [1.807, 2.05) is 43.3 Å². The molecule has 25 heavy (non-hydrogen) atoms. The van der Waals surface area contributed by atoms with E-state index >= 15 is 0 Å². The first kappa shape index (κ1) is 19.9. The predicted molar refractivity (Wildman–Crippen MR) is 102 cm³/mol. The summed E-state index contributed by atoms with van der Waals surface area (Å²) < 4.78 is 11.6. The molecule has 2 rings (SSSR count). The lowest BCUT2D eigenvalue weighted by atomic mass is 10.2. The van der Waals surface area contributed by atoms with E-state index in [0.29, 0.717) is 47.7 Å². The van der Waals surface area contributed by atoms with Gasteiger partial charge in [-0.1, -0.05) is 41.4 Å². The van der Waals surface area contributed by atoms with Gasteiger partial charge in [-0.15, -0.1) is 0 Å². The van der Waals surface area contributed by atoms with Crippen LogP contribution in [0.15, 0.2) is 36.4 Å². The van der Waals surface area contributed by atoms with E-state index in [-0.39, 0.29) is 6.61 Å². The van der Waals surface area contributed by atoms with Gasteiger partial charge in [-0.2, -0.15) is 0 Å². The molecule has 0 bridgehead atoms. The van der Waals surface area contributed by atoms with E-state index in [9.17, 15) is 0 Å². The summed E-state index contributed by atoms with van der Waals surface area (Å²) in [4.78, 5) is 0. The highest BCUT2D eigenvalue weighted by Crippen LogP contribution is 2.37. The molecule has 0 aliphatic rings. The largest absolute Gasteiger partial charge is 0.490 e. The zero-order chi connectivity index (χ0) is 18.1. The van der Waals surface area contributed by atoms with Gasteiger partial charge in [0.25, 0.3) is 0 Å². The minimum absolute atomic E-state index is 0.173. The van der Waals surface area contributed by atoms with E-state index in [0.717, 1.165) is 17.7 Å². The fourth-order valence-electron chi connectivity index (χ4n) is 2.33. The van der Waals surface area contributed by atoms with E-state index in [2.05, 4.69) is 5.32 Å². The van der Waals surface area contributed by atoms with Crippen molar-refractivity contribution in [3.05, 3.63) is 57.6 Å². The maximum atomic E-state index is 8.82. The number of aliphatic hydroxyl groups excluding tert-OH is 1. The summed E-state index contributed by atoms with van der Waals surface area (Å²) in [6.45, 7) is 4.30. The molecule has 2 N–H and O–H groups in total. The Kier molecular flexibility index (Phi) is 8.35. The minimum Gasteiger partial charge on any atom is -0.490 e. The summed E-state index contributed by atoms with van der Waals surface area (Å²) >= 11 is 12.6. The molecule has 0 atom stereocenters. The number of rotatable bonds is 10. The predicted octanol–water partition coefficient (Wildman–Crippen LogP) is 4.44. The second-order valence-corrected chi connectivity index (χ2v) is 6.29. The van der Waals surface area contributed by atoms with Gasteiger partial charge in [0.1, 0.15) is 6.61 Å². The highest BCUT2D eigenvalue weighted by atomic mass is 35.5. The van der Waals surface area contributed by atoms with Crippen molar-refractivity contribution in [2.45, 2.75) is 26.5 Å². The van der Waals surface area contributed by atoms with Crippen molar-refractivity contribution in [1.82, 2.24) is 5.32 Å². The number of ether oxygens (including phenoxy) is 2. The second-order valence-electron chi connectivity index (χ2n) is 5.47. The molecule has 0 aliphatic heterocycles. The van der Waals surface area contributed by atoms with Crippen molar-refractivity contribution in [3.63, 3.8) is 0 Å². The average Bonchev–Trinajstić information content (AvgIpc) is 2.60. The summed E-state index contributed by atoms with van der Waals surface area (Å²) in [7, 11) is 0. The van der Waals surface area contributed by atoms with Crippen LogP contribution in [0.2, 0.25) is 10.0 Å². The molecule has 0 aromatic heterocycles. The van der Waals surface area contributed by atoms with Crippen LogP contribution in [-0.2, 0) is 13.2 Å². The van der Waals surface area contributed by atoms with Gasteiger partial charge < -0.3 is 19.9 Å². The first-order valence-electron chi connectivity index (χ1n) is 8.28. The Balaban J connectivity index is 2.11. The lowest BCUT2D eigenvalue weighted by molar-refractivity contribution is 0.269. The third kappa shape index (κ3) is 6.08. The Morgan fingerprint density at radius 2 is 1.88 bits per heavy atom. The van der Waals surface area contributed by atoms with Crippen molar-refractivity contribution in [2.24, 2.45) is 0 Å². The van der Waals surface area contributed by atoms with Gasteiger partial charge in [0.05, 0.1) is 11.6 Å². The molecule has 0 radical (unpaired) electrons. The number of aliphatic hydroxyl groups is 1. The fourth-order valence-corrected chi connectivity index (χ4v) is 2.81. The molecule has 136 valence electrons. The molecule has 0 saturated carbocycles. The lowest BCUT2D eigenvalue weighted by Gasteiger charge is -2.16. The molecule has 0 heterocycles. The molecule has 0 fully saturated rings. The molecule has 0 unspecified atom stereocenters. The smallest absolute Gasteiger partial charge is 0.180 e. The van der Waals surface area contributed by atoms with Crippen LogP contribution in [0.5, 0.6) is 11.5 Å². The maximum Gasteiger partial charge on any atom is 0.180 e. The summed E-state index contributed by atoms with van der Waals surface area (Å²) in [6, 6.07) is 11.3. The summed E-state index contributed by atoms with van der Waals surface area (Å²) in [5, 5.41) is 13.2. The fraction of sp³-hybridized carbons (Fsp3) is 0.368. The quantitative estimate of drug-likeness (QED) is 0.595. The van der Waals surface area contributed by atoms with Crippen LogP contribution in [0, 0.1) is 0 Å². The lowest BCUT2D eigenvalue weighted by Crippen LogP contribution is -2.15. The standard InChI is InChI=1S/C19H23Cl2NO3/c1-2-24-18-11-14(12-22-8-5-9-23)10-17(21)19(18)25-13-15-6-3-4-7-16(15)20/h3-4,6-7,10-11,22-23H,2,5,8-9,12-13H2,1H3. The number of hydrogen-bond acceptors (Lipinski definition) is 4. The van der Waals surface area contributed by atoms with Crippen LogP contribution in [0.1, 0.15) is 24.5 Å². The van der Waals surface area contributed by atoms with Crippen LogP contribution in [0.3, 0.4) is 0 Å². The second kappa shape index (κ2) is 10.5. The number of benzene rings is 2. The van der Waals surface area contributed by atoms with Crippen LogP contribution in [0.25, 0.3) is 0 Å². The topological polar surface area (TPSA) is 50.7 Å². The van der Waals surface area contributed by atoms with Crippen molar-refractivity contribution < 1.29 is 14.6 Å². The van der Waals surface area contributed by atoms with Gasteiger partial charge in [0, 0.05) is 23.7 Å². The van der Waals surface area contributed by atoms with Gasteiger partial charge in [0.15, 0.2) is 11.5 Å². The Bertz CT molecular complexity index is 680. The number of halogens is 2. The molecule has 0 spiro atoms. The van der Waals surface area contributed by atoms with Crippen LogP contribution >= 0.6 is 23.2 Å². The molecule has 0 saturated heterocycles. The molecule has 2 aromatic rings. The zero-order valence-corrected chi connectivity index (χ0v) is 15.7. The van der Waals surface area contributed by atoms with Crippen LogP contribution in [-0.4, -0.2) is 24.9 Å². The number of hydrogen-bond donors (Lipinski definition) is 2. The summed E-state index contributed by atoms with van der Waals surface area (Å²) in [5.41, 5.74) is 1.88. The third-order valence-corrected chi connectivity index (χ3v) is 4.19. The minimum atomic E-state index is 0.173. The van der Waals surface area contributed by atoms with E-state index in [1.54, 1.807) is 0 Å². The first-order chi connectivity index (χ1) is 12.2. The normalized spacial score (nSPS) is 10.7. The van der Waals surface area contributed by atoms with Crippen molar-refractivity contribution in [1.29, 1.82) is 0 Å². The van der Waals surface area contributed by atoms with Gasteiger partial charge in [-0.25, -0.2) is 0 Å². The Labute approximate surface area is 158 Å². The van der Waals surface area contributed by atoms with E-state index < -0.39 is 0 Å². The van der Waals surface area contributed by atoms with Gasteiger partial charge >= 0.3 is 0 Å². The van der Waals surface area contributed by atoms with Crippen LogP contribution < -0.4 is 14.8 Å². The Morgan fingerprint density at radius 3 is 2.60 bits per heavy atom. The Morgan fingerprint density at radius 1 is 1.08 bits per heavy atom. The van der Waals surface area contributed by atoms with Crippen molar-refractivity contribution >= 4 is 23.2 Å². The monoisotopic (exact) mass is 383 g/mol. The average molecular weight is 384 g/mol. The first-order valence-corrected chi connectivity index (χ1v) is 9.04.